The van der Waals surface area contributed by atoms with Crippen LogP contribution in [0.3, 0.4) is 0 Å². The number of hydrogen-bond acceptors (Lipinski definition) is 6. The zero-order chi connectivity index (χ0) is 16.5. The normalized spacial score (nSPS) is 16.6. The van der Waals surface area contributed by atoms with Gasteiger partial charge in [0.1, 0.15) is 5.60 Å². The maximum atomic E-state index is 12.0. The molecule has 2 rings (SSSR count). The first-order valence-electron chi connectivity index (χ1n) is 7.34. The first-order chi connectivity index (χ1) is 10.2. The Morgan fingerprint density at radius 3 is 2.36 bits per heavy atom. The zero-order valence-electron chi connectivity index (χ0n) is 13.3. The minimum absolute atomic E-state index is 0.190. The Balaban J connectivity index is 1.96. The van der Waals surface area contributed by atoms with Crippen LogP contribution in [-0.2, 0) is 4.74 Å². The van der Waals surface area contributed by atoms with Gasteiger partial charge in [-0.1, -0.05) is 0 Å². The number of piperidine rings is 1. The van der Waals surface area contributed by atoms with Crippen molar-refractivity contribution in [2.75, 3.05) is 13.1 Å². The average Bonchev–Trinajstić information content (AvgIpc) is 2.79. The van der Waals surface area contributed by atoms with Crippen LogP contribution >= 0.6 is 11.3 Å². The van der Waals surface area contributed by atoms with Crippen molar-refractivity contribution in [3.8, 4) is 0 Å². The van der Waals surface area contributed by atoms with Crippen LogP contribution in [0.4, 0.5) is 4.79 Å². The first-order valence-corrected chi connectivity index (χ1v) is 8.15. The second-order valence-corrected chi connectivity index (χ2v) is 7.53. The molecule has 0 saturated carbocycles. The first kappa shape index (κ1) is 16.7. The van der Waals surface area contributed by atoms with Crippen LogP contribution in [0.15, 0.2) is 0 Å². The Morgan fingerprint density at radius 2 is 1.91 bits per heavy atom. The monoisotopic (exact) mass is 325 g/mol. The molecular formula is C15H21N2O4S-. The van der Waals surface area contributed by atoms with Gasteiger partial charge < -0.3 is 19.5 Å². The van der Waals surface area contributed by atoms with Crippen molar-refractivity contribution in [2.24, 2.45) is 0 Å². The Morgan fingerprint density at radius 1 is 1.32 bits per heavy atom. The van der Waals surface area contributed by atoms with Gasteiger partial charge in [0.05, 0.1) is 21.5 Å². The van der Waals surface area contributed by atoms with E-state index in [9.17, 15) is 14.7 Å². The largest absolute Gasteiger partial charge is 0.544 e. The van der Waals surface area contributed by atoms with Gasteiger partial charge in [0.2, 0.25) is 0 Å². The zero-order valence-corrected chi connectivity index (χ0v) is 14.2. The summed E-state index contributed by atoms with van der Waals surface area (Å²) >= 11 is 1.19. The van der Waals surface area contributed by atoms with Gasteiger partial charge >= 0.3 is 6.09 Å². The molecule has 2 heterocycles. The molecule has 0 spiro atoms. The Bertz CT molecular complexity index is 569. The molecule has 22 heavy (non-hydrogen) atoms. The molecule has 0 unspecified atom stereocenters. The number of aromatic nitrogens is 1. The Hall–Kier alpha value is -1.63. The van der Waals surface area contributed by atoms with Crippen LogP contribution in [0.1, 0.15) is 59.9 Å². The van der Waals surface area contributed by atoms with Gasteiger partial charge in [0.25, 0.3) is 0 Å². The molecule has 0 radical (unpaired) electrons. The summed E-state index contributed by atoms with van der Waals surface area (Å²) in [6.07, 6.45) is 1.23. The molecule has 1 aliphatic heterocycles. The second kappa shape index (κ2) is 6.24. The summed E-state index contributed by atoms with van der Waals surface area (Å²) in [6.45, 7) is 8.41. The summed E-state index contributed by atoms with van der Waals surface area (Å²) < 4.78 is 5.36. The summed E-state index contributed by atoms with van der Waals surface area (Å²) in [5.74, 6) is -0.983. The van der Waals surface area contributed by atoms with E-state index in [-0.39, 0.29) is 16.9 Å². The van der Waals surface area contributed by atoms with E-state index < -0.39 is 11.6 Å². The molecule has 0 bridgehead atoms. The van der Waals surface area contributed by atoms with Crippen LogP contribution in [-0.4, -0.2) is 40.6 Å². The average molecular weight is 325 g/mol. The van der Waals surface area contributed by atoms with Crippen molar-refractivity contribution in [1.29, 1.82) is 0 Å². The Labute approximate surface area is 134 Å². The summed E-state index contributed by atoms with van der Waals surface area (Å²) in [7, 11) is 0. The molecular weight excluding hydrogens is 304 g/mol. The van der Waals surface area contributed by atoms with E-state index >= 15 is 0 Å². The van der Waals surface area contributed by atoms with Crippen molar-refractivity contribution < 1.29 is 19.4 Å². The predicted molar refractivity (Wildman–Crippen MR) is 81.0 cm³/mol. The minimum Gasteiger partial charge on any atom is -0.544 e. The topological polar surface area (TPSA) is 82.6 Å². The minimum atomic E-state index is -1.17. The number of ether oxygens (including phenoxy) is 1. The highest BCUT2D eigenvalue weighted by molar-refractivity contribution is 7.13. The van der Waals surface area contributed by atoms with Gasteiger partial charge in [0, 0.05) is 19.0 Å². The van der Waals surface area contributed by atoms with E-state index in [2.05, 4.69) is 4.98 Å². The van der Waals surface area contributed by atoms with Gasteiger partial charge in [-0.05, 0) is 40.5 Å². The number of amides is 1. The SMILES string of the molecule is Cc1nc(C2CCN(C(=O)OC(C)(C)C)CC2)sc1C(=O)[O-]. The summed E-state index contributed by atoms with van der Waals surface area (Å²) in [5.41, 5.74) is 0.0126. The second-order valence-electron chi connectivity index (χ2n) is 6.50. The number of nitrogens with zero attached hydrogens (tertiary/aromatic N) is 2. The Kier molecular flexibility index (Phi) is 4.75. The van der Waals surface area contributed by atoms with Crippen LogP contribution < -0.4 is 5.11 Å². The molecule has 0 atom stereocenters. The fourth-order valence-corrected chi connectivity index (χ4v) is 3.49. The molecule has 6 nitrogen and oxygen atoms in total. The van der Waals surface area contributed by atoms with Crippen LogP contribution in [0.5, 0.6) is 0 Å². The number of carboxylic acid groups (broad SMARTS) is 1. The van der Waals surface area contributed by atoms with Gasteiger partial charge in [0.15, 0.2) is 0 Å². The summed E-state index contributed by atoms with van der Waals surface area (Å²) in [6, 6.07) is 0. The standard InChI is InChI=1S/C15H22N2O4S/c1-9-11(13(18)19)22-12(16-9)10-5-7-17(8-6-10)14(20)21-15(2,3)4/h10H,5-8H2,1-4H3,(H,18,19)/p-1. The quantitative estimate of drug-likeness (QED) is 0.830. The fraction of sp³-hybridized carbons (Fsp3) is 0.667. The number of thiazole rings is 1. The lowest BCUT2D eigenvalue weighted by Gasteiger charge is -2.32. The van der Waals surface area contributed by atoms with Crippen molar-refractivity contribution in [2.45, 2.75) is 52.1 Å². The molecule has 122 valence electrons. The molecule has 1 aromatic rings. The van der Waals surface area contributed by atoms with Crippen molar-refractivity contribution in [3.05, 3.63) is 15.6 Å². The third-order valence-corrected chi connectivity index (χ3v) is 4.79. The van der Waals surface area contributed by atoms with E-state index in [0.29, 0.717) is 18.8 Å². The number of carbonyl (C=O) groups is 2. The molecule has 7 heteroatoms. The number of aromatic carboxylic acids is 1. The molecule has 1 saturated heterocycles. The fourth-order valence-electron chi connectivity index (χ4n) is 2.42. The highest BCUT2D eigenvalue weighted by Crippen LogP contribution is 2.32. The van der Waals surface area contributed by atoms with E-state index in [0.717, 1.165) is 17.8 Å². The van der Waals surface area contributed by atoms with Crippen molar-refractivity contribution in [1.82, 2.24) is 9.88 Å². The predicted octanol–water partition coefficient (Wildman–Crippen LogP) is 1.93. The lowest BCUT2D eigenvalue weighted by Crippen LogP contribution is -2.41. The van der Waals surface area contributed by atoms with Crippen molar-refractivity contribution >= 4 is 23.4 Å². The lowest BCUT2D eigenvalue weighted by atomic mass is 9.98. The number of hydrogen-bond donors (Lipinski definition) is 0. The highest BCUT2D eigenvalue weighted by atomic mass is 32.1. The summed E-state index contributed by atoms with van der Waals surface area (Å²) in [5, 5.41) is 11.8. The molecule has 1 amide bonds. The molecule has 1 aliphatic rings. The number of carbonyl (C=O) groups excluding carboxylic acids is 2. The lowest BCUT2D eigenvalue weighted by molar-refractivity contribution is -0.254. The number of likely N-dealkylation sites (tertiary alicyclic amines) is 1. The molecule has 1 aromatic heterocycles. The smallest absolute Gasteiger partial charge is 0.410 e. The highest BCUT2D eigenvalue weighted by Gasteiger charge is 2.29. The van der Waals surface area contributed by atoms with Crippen LogP contribution in [0, 0.1) is 6.92 Å². The van der Waals surface area contributed by atoms with Gasteiger partial charge in [-0.3, -0.25) is 0 Å². The maximum Gasteiger partial charge on any atom is 0.410 e. The third-order valence-electron chi connectivity index (χ3n) is 3.49. The summed E-state index contributed by atoms with van der Waals surface area (Å²) in [4.78, 5) is 29.2. The number of carboxylic acids is 1. The number of rotatable bonds is 2. The van der Waals surface area contributed by atoms with E-state index in [1.54, 1.807) is 11.8 Å². The van der Waals surface area contributed by atoms with Crippen LogP contribution in [0.25, 0.3) is 0 Å². The van der Waals surface area contributed by atoms with E-state index in [4.69, 9.17) is 4.74 Å². The maximum absolute atomic E-state index is 12.0. The molecule has 0 aliphatic carbocycles. The van der Waals surface area contributed by atoms with Gasteiger partial charge in [-0.2, -0.15) is 0 Å². The van der Waals surface area contributed by atoms with Gasteiger partial charge in [-0.15, -0.1) is 11.3 Å². The van der Waals surface area contributed by atoms with E-state index in [1.165, 1.54) is 11.3 Å². The molecule has 0 aromatic carbocycles. The molecule has 0 N–H and O–H groups in total. The van der Waals surface area contributed by atoms with Crippen LogP contribution in [0.2, 0.25) is 0 Å². The van der Waals surface area contributed by atoms with Gasteiger partial charge in [-0.25, -0.2) is 9.78 Å². The third kappa shape index (κ3) is 3.97. The van der Waals surface area contributed by atoms with E-state index in [1.807, 2.05) is 20.8 Å². The van der Waals surface area contributed by atoms with Crippen molar-refractivity contribution in [3.63, 3.8) is 0 Å². The molecule has 1 fully saturated rings. The number of aryl methyl sites for hydroxylation is 1.